The van der Waals surface area contributed by atoms with Gasteiger partial charge in [0.1, 0.15) is 5.82 Å². The molecule has 1 saturated heterocycles. The summed E-state index contributed by atoms with van der Waals surface area (Å²) in [6.45, 7) is 4.33. The number of aromatic nitrogens is 3. The Balaban J connectivity index is 1.97. The van der Waals surface area contributed by atoms with Gasteiger partial charge < -0.3 is 4.74 Å². The van der Waals surface area contributed by atoms with Crippen LogP contribution in [0.2, 0.25) is 0 Å². The topological polar surface area (TPSA) is 79.9 Å². The van der Waals surface area contributed by atoms with Crippen LogP contribution in [0.5, 0.6) is 0 Å². The maximum atomic E-state index is 11.7. The third kappa shape index (κ3) is 2.15. The van der Waals surface area contributed by atoms with E-state index in [1.54, 1.807) is 6.92 Å². The molecule has 82 valence electrons. The Hall–Kier alpha value is -1.43. The van der Waals surface area contributed by atoms with Gasteiger partial charge in [-0.05, 0) is 20.3 Å². The van der Waals surface area contributed by atoms with E-state index in [2.05, 4.69) is 20.5 Å². The number of carbonyl (C=O) groups excluding carboxylic acids is 1. The highest BCUT2D eigenvalue weighted by atomic mass is 16.5. The van der Waals surface area contributed by atoms with Gasteiger partial charge in [0.25, 0.3) is 0 Å². The van der Waals surface area contributed by atoms with Crippen LogP contribution in [-0.2, 0) is 9.53 Å². The van der Waals surface area contributed by atoms with E-state index in [1.807, 2.05) is 6.92 Å². The number of aromatic amines is 1. The van der Waals surface area contributed by atoms with Crippen molar-refractivity contribution in [2.24, 2.45) is 5.92 Å². The molecule has 2 unspecified atom stereocenters. The molecule has 0 saturated carbocycles. The van der Waals surface area contributed by atoms with Crippen molar-refractivity contribution in [3.8, 4) is 0 Å². The number of nitrogens with zero attached hydrogens (tertiary/aromatic N) is 2. The highest BCUT2D eigenvalue weighted by molar-refractivity contribution is 5.91. The first-order valence-electron chi connectivity index (χ1n) is 4.98. The molecule has 1 fully saturated rings. The highest BCUT2D eigenvalue weighted by Crippen LogP contribution is 2.21. The molecule has 0 aromatic carbocycles. The summed E-state index contributed by atoms with van der Waals surface area (Å²) in [7, 11) is 0. The third-order valence-corrected chi connectivity index (χ3v) is 2.55. The third-order valence-electron chi connectivity index (χ3n) is 2.55. The molecule has 15 heavy (non-hydrogen) atoms. The first-order chi connectivity index (χ1) is 7.16. The van der Waals surface area contributed by atoms with Crippen molar-refractivity contribution in [2.45, 2.75) is 26.4 Å². The van der Waals surface area contributed by atoms with Crippen molar-refractivity contribution in [1.82, 2.24) is 15.2 Å². The van der Waals surface area contributed by atoms with Gasteiger partial charge in [-0.15, -0.1) is 5.10 Å². The minimum atomic E-state index is -0.0937. The Morgan fingerprint density at radius 2 is 2.47 bits per heavy atom. The SMILES string of the molecule is Cc1nc(NC(=O)C2CCOC2C)n[nH]1. The van der Waals surface area contributed by atoms with Crippen LogP contribution in [0.25, 0.3) is 0 Å². The van der Waals surface area contributed by atoms with Crippen molar-refractivity contribution >= 4 is 11.9 Å². The predicted octanol–water partition coefficient (Wildman–Crippen LogP) is 0.477. The maximum absolute atomic E-state index is 11.7. The molecule has 0 aliphatic carbocycles. The number of anilines is 1. The summed E-state index contributed by atoms with van der Waals surface area (Å²) in [5.41, 5.74) is 0. The molecule has 6 nitrogen and oxygen atoms in total. The van der Waals surface area contributed by atoms with E-state index >= 15 is 0 Å². The molecular formula is C9H14N4O2. The molecule has 1 aliphatic heterocycles. The lowest BCUT2D eigenvalue weighted by Gasteiger charge is -2.11. The van der Waals surface area contributed by atoms with Crippen LogP contribution < -0.4 is 5.32 Å². The largest absolute Gasteiger partial charge is 0.378 e. The van der Waals surface area contributed by atoms with Crippen molar-refractivity contribution in [3.63, 3.8) is 0 Å². The Labute approximate surface area is 87.4 Å². The zero-order valence-electron chi connectivity index (χ0n) is 8.78. The van der Waals surface area contributed by atoms with E-state index in [-0.39, 0.29) is 17.9 Å². The Kier molecular flexibility index (Phi) is 2.68. The highest BCUT2D eigenvalue weighted by Gasteiger charge is 2.31. The first-order valence-corrected chi connectivity index (χ1v) is 4.98. The molecule has 1 aromatic heterocycles. The van der Waals surface area contributed by atoms with E-state index in [4.69, 9.17) is 4.74 Å². The average Bonchev–Trinajstić information content (AvgIpc) is 2.75. The number of aryl methyl sites for hydroxylation is 1. The van der Waals surface area contributed by atoms with Crippen LogP contribution in [0.4, 0.5) is 5.95 Å². The fraction of sp³-hybridized carbons (Fsp3) is 0.667. The minimum absolute atomic E-state index is 0.0231. The van der Waals surface area contributed by atoms with Crippen LogP contribution in [0, 0.1) is 12.8 Å². The molecule has 0 radical (unpaired) electrons. The summed E-state index contributed by atoms with van der Waals surface area (Å²) in [6, 6.07) is 0. The van der Waals surface area contributed by atoms with E-state index in [0.717, 1.165) is 6.42 Å². The maximum Gasteiger partial charge on any atom is 0.248 e. The quantitative estimate of drug-likeness (QED) is 0.743. The summed E-state index contributed by atoms with van der Waals surface area (Å²) in [4.78, 5) is 15.8. The summed E-state index contributed by atoms with van der Waals surface area (Å²) in [5.74, 6) is 0.848. The van der Waals surface area contributed by atoms with Gasteiger partial charge in [0.15, 0.2) is 0 Å². The van der Waals surface area contributed by atoms with Crippen molar-refractivity contribution in [2.75, 3.05) is 11.9 Å². The standard InChI is InChI=1S/C9H14N4O2/c1-5-7(3-4-15-5)8(14)11-9-10-6(2)12-13-9/h5,7H,3-4H2,1-2H3,(H2,10,11,12,13,14). The normalized spacial score (nSPS) is 25.5. The van der Waals surface area contributed by atoms with E-state index < -0.39 is 0 Å². The van der Waals surface area contributed by atoms with Crippen LogP contribution in [0.3, 0.4) is 0 Å². The number of hydrogen-bond donors (Lipinski definition) is 2. The van der Waals surface area contributed by atoms with Crippen LogP contribution >= 0.6 is 0 Å². The van der Waals surface area contributed by atoms with Gasteiger partial charge in [0, 0.05) is 6.61 Å². The number of nitrogens with one attached hydrogen (secondary N) is 2. The van der Waals surface area contributed by atoms with Gasteiger partial charge in [0.2, 0.25) is 11.9 Å². The van der Waals surface area contributed by atoms with Gasteiger partial charge in [-0.3, -0.25) is 15.2 Å². The van der Waals surface area contributed by atoms with Crippen molar-refractivity contribution < 1.29 is 9.53 Å². The zero-order valence-corrected chi connectivity index (χ0v) is 8.78. The lowest BCUT2D eigenvalue weighted by molar-refractivity contribution is -0.121. The molecule has 2 N–H and O–H groups in total. The summed E-state index contributed by atoms with van der Waals surface area (Å²) in [5, 5.41) is 9.17. The number of hydrogen-bond acceptors (Lipinski definition) is 4. The van der Waals surface area contributed by atoms with Crippen molar-refractivity contribution in [1.29, 1.82) is 0 Å². The van der Waals surface area contributed by atoms with Gasteiger partial charge in [0.05, 0.1) is 12.0 Å². The minimum Gasteiger partial charge on any atom is -0.378 e. The number of carbonyl (C=O) groups is 1. The average molecular weight is 210 g/mol. The number of rotatable bonds is 2. The Morgan fingerprint density at radius 3 is 3.00 bits per heavy atom. The van der Waals surface area contributed by atoms with Gasteiger partial charge in [-0.25, -0.2) is 0 Å². The predicted molar refractivity (Wildman–Crippen MR) is 53.3 cm³/mol. The second-order valence-electron chi connectivity index (χ2n) is 3.70. The van der Waals surface area contributed by atoms with Crippen LogP contribution in [-0.4, -0.2) is 33.8 Å². The van der Waals surface area contributed by atoms with E-state index in [1.165, 1.54) is 0 Å². The number of ether oxygens (including phenoxy) is 1. The summed E-state index contributed by atoms with van der Waals surface area (Å²) < 4.78 is 5.32. The fourth-order valence-corrected chi connectivity index (χ4v) is 1.68. The molecule has 2 atom stereocenters. The van der Waals surface area contributed by atoms with Gasteiger partial charge in [-0.2, -0.15) is 4.98 Å². The fourth-order valence-electron chi connectivity index (χ4n) is 1.68. The van der Waals surface area contributed by atoms with Gasteiger partial charge >= 0.3 is 0 Å². The molecule has 1 aromatic rings. The van der Waals surface area contributed by atoms with Gasteiger partial charge in [-0.1, -0.05) is 0 Å². The number of amides is 1. The molecule has 0 spiro atoms. The Bertz CT molecular complexity index is 363. The molecule has 2 heterocycles. The van der Waals surface area contributed by atoms with Crippen molar-refractivity contribution in [3.05, 3.63) is 5.82 Å². The molecule has 0 bridgehead atoms. The molecule has 6 heteroatoms. The molecule has 2 rings (SSSR count). The second-order valence-corrected chi connectivity index (χ2v) is 3.70. The van der Waals surface area contributed by atoms with Crippen LogP contribution in [0.1, 0.15) is 19.2 Å². The van der Waals surface area contributed by atoms with E-state index in [0.29, 0.717) is 18.4 Å². The molecular weight excluding hydrogens is 196 g/mol. The lowest BCUT2D eigenvalue weighted by atomic mass is 10.0. The molecule has 1 aliphatic rings. The summed E-state index contributed by atoms with van der Waals surface area (Å²) >= 11 is 0. The molecule has 1 amide bonds. The first kappa shape index (κ1) is 10.1. The number of H-pyrrole nitrogens is 1. The lowest BCUT2D eigenvalue weighted by Crippen LogP contribution is -2.28. The zero-order chi connectivity index (χ0) is 10.8. The van der Waals surface area contributed by atoms with Crippen LogP contribution in [0.15, 0.2) is 0 Å². The summed E-state index contributed by atoms with van der Waals surface area (Å²) in [6.07, 6.45) is 0.737. The second kappa shape index (κ2) is 3.98. The Morgan fingerprint density at radius 1 is 1.67 bits per heavy atom. The smallest absolute Gasteiger partial charge is 0.248 e. The van der Waals surface area contributed by atoms with E-state index in [9.17, 15) is 4.79 Å². The monoisotopic (exact) mass is 210 g/mol.